The molecule has 3 nitrogen and oxygen atoms in total. The molecule has 0 aromatic carbocycles. The Bertz CT molecular complexity index is 580. The molecule has 0 aliphatic rings. The highest BCUT2D eigenvalue weighted by atomic mass is 127. The molecule has 0 aliphatic heterocycles. The second-order valence-electron chi connectivity index (χ2n) is 4.23. The second-order valence-corrected chi connectivity index (χ2v) is 7.40. The van der Waals surface area contributed by atoms with Crippen LogP contribution in [0.15, 0.2) is 33.0 Å². The molecule has 116 valence electrons. The molecule has 2 aromatic rings. The van der Waals surface area contributed by atoms with Gasteiger partial charge >= 0.3 is 0 Å². The molecule has 2 aromatic heterocycles. The van der Waals surface area contributed by atoms with Crippen molar-refractivity contribution < 1.29 is 0 Å². The lowest BCUT2D eigenvalue weighted by Crippen LogP contribution is -2.35. The van der Waals surface area contributed by atoms with Gasteiger partial charge in [0, 0.05) is 31.5 Å². The van der Waals surface area contributed by atoms with Gasteiger partial charge in [-0.05, 0) is 40.5 Å². The first-order chi connectivity index (χ1) is 9.71. The van der Waals surface area contributed by atoms with Crippen molar-refractivity contribution in [1.29, 1.82) is 0 Å². The fraction of sp³-hybridized carbons (Fsp3) is 0.357. The number of guanidine groups is 1. The molecule has 0 saturated carbocycles. The molecule has 0 bridgehead atoms. The average Bonchev–Trinajstić information content (AvgIpc) is 3.08. The number of nitrogens with zero attached hydrogens (tertiary/aromatic N) is 1. The van der Waals surface area contributed by atoms with Crippen LogP contribution in [-0.4, -0.2) is 13.0 Å². The Morgan fingerprint density at radius 2 is 1.86 bits per heavy atom. The molecule has 0 saturated heterocycles. The monoisotopic (exact) mass is 499 g/mol. The minimum atomic E-state index is 0. The lowest BCUT2D eigenvalue weighted by atomic mass is 10.3. The van der Waals surface area contributed by atoms with Crippen LogP contribution in [0, 0.1) is 0 Å². The molecule has 0 unspecified atom stereocenters. The van der Waals surface area contributed by atoms with Crippen LogP contribution in [0.5, 0.6) is 0 Å². The number of halogens is 2. The summed E-state index contributed by atoms with van der Waals surface area (Å²) in [5, 5.41) is 8.75. The van der Waals surface area contributed by atoms with Crippen LogP contribution in [-0.2, 0) is 19.5 Å². The number of aliphatic imine (C=N–C) groups is 1. The van der Waals surface area contributed by atoms with Crippen LogP contribution in [0.3, 0.4) is 0 Å². The van der Waals surface area contributed by atoms with E-state index in [1.54, 1.807) is 18.4 Å². The van der Waals surface area contributed by atoms with E-state index in [0.717, 1.165) is 29.9 Å². The van der Waals surface area contributed by atoms with Crippen molar-refractivity contribution in [2.75, 3.05) is 7.05 Å². The van der Waals surface area contributed by atoms with Gasteiger partial charge in [-0.2, -0.15) is 0 Å². The highest BCUT2D eigenvalue weighted by molar-refractivity contribution is 14.0. The van der Waals surface area contributed by atoms with Gasteiger partial charge in [-0.25, -0.2) is 0 Å². The van der Waals surface area contributed by atoms with Crippen molar-refractivity contribution in [3.05, 3.63) is 42.7 Å². The molecule has 0 fully saturated rings. The molecule has 0 amide bonds. The molecule has 0 radical (unpaired) electrons. The predicted octanol–water partition coefficient (Wildman–Crippen LogP) is 4.62. The smallest absolute Gasteiger partial charge is 0.191 e. The largest absolute Gasteiger partial charge is 0.352 e. The highest BCUT2D eigenvalue weighted by Crippen LogP contribution is 2.19. The molecule has 0 spiro atoms. The summed E-state index contributed by atoms with van der Waals surface area (Å²) in [6, 6.07) is 6.50. The molecule has 0 aliphatic carbocycles. The van der Waals surface area contributed by atoms with Gasteiger partial charge in [-0.1, -0.05) is 6.92 Å². The van der Waals surface area contributed by atoms with Crippen molar-refractivity contribution in [3.8, 4) is 0 Å². The SMILES string of the molecule is CCc1ccc(CNC(=NC)NCc2cc(Br)cs2)s1.I. The van der Waals surface area contributed by atoms with Crippen molar-refractivity contribution in [3.63, 3.8) is 0 Å². The van der Waals surface area contributed by atoms with E-state index in [4.69, 9.17) is 0 Å². The van der Waals surface area contributed by atoms with E-state index in [9.17, 15) is 0 Å². The quantitative estimate of drug-likeness (QED) is 0.358. The normalized spacial score (nSPS) is 11.1. The highest BCUT2D eigenvalue weighted by Gasteiger charge is 2.02. The molecule has 2 N–H and O–H groups in total. The maximum absolute atomic E-state index is 4.24. The van der Waals surface area contributed by atoms with Crippen LogP contribution < -0.4 is 10.6 Å². The molecular formula is C14H19BrIN3S2. The van der Waals surface area contributed by atoms with Crippen LogP contribution in [0.4, 0.5) is 0 Å². The number of hydrogen-bond acceptors (Lipinski definition) is 3. The Labute approximate surface area is 159 Å². The third-order valence-electron chi connectivity index (χ3n) is 2.77. The fourth-order valence-corrected chi connectivity index (χ4v) is 4.00. The predicted molar refractivity (Wildman–Crippen MR) is 108 cm³/mol. The molecule has 2 heterocycles. The summed E-state index contributed by atoms with van der Waals surface area (Å²) in [4.78, 5) is 8.29. The average molecular weight is 500 g/mol. The standard InChI is InChI=1S/C14H18BrN3S2.HI/c1-3-11-4-5-12(20-11)7-17-14(16-2)18-8-13-6-10(15)9-19-13;/h4-6,9H,3,7-8H2,1-2H3,(H2,16,17,18);1H. The fourth-order valence-electron chi connectivity index (χ4n) is 1.72. The second kappa shape index (κ2) is 9.81. The summed E-state index contributed by atoms with van der Waals surface area (Å²) in [6.45, 7) is 3.79. The number of thiophene rings is 2. The maximum atomic E-state index is 4.24. The lowest BCUT2D eigenvalue weighted by Gasteiger charge is -2.10. The number of rotatable bonds is 5. The zero-order valence-corrected chi connectivity index (χ0v) is 17.5. The van der Waals surface area contributed by atoms with Crippen LogP contribution in [0.1, 0.15) is 21.6 Å². The minimum absolute atomic E-state index is 0. The van der Waals surface area contributed by atoms with Crippen molar-refractivity contribution in [1.82, 2.24) is 10.6 Å². The Morgan fingerprint density at radius 3 is 2.38 bits per heavy atom. The third-order valence-corrected chi connectivity index (χ3v) is 5.70. The topological polar surface area (TPSA) is 36.4 Å². The zero-order valence-electron chi connectivity index (χ0n) is 12.0. The van der Waals surface area contributed by atoms with Crippen LogP contribution in [0.2, 0.25) is 0 Å². The molecule has 7 heteroatoms. The number of aryl methyl sites for hydroxylation is 1. The summed E-state index contributed by atoms with van der Waals surface area (Å²) in [6.07, 6.45) is 1.10. The van der Waals surface area contributed by atoms with E-state index in [1.807, 2.05) is 11.3 Å². The van der Waals surface area contributed by atoms with Gasteiger partial charge in [-0.3, -0.25) is 4.99 Å². The first-order valence-corrected chi connectivity index (χ1v) is 8.95. The molecular weight excluding hydrogens is 481 g/mol. The van der Waals surface area contributed by atoms with Crippen molar-refractivity contribution in [2.45, 2.75) is 26.4 Å². The maximum Gasteiger partial charge on any atom is 0.191 e. The van der Waals surface area contributed by atoms with E-state index in [-0.39, 0.29) is 24.0 Å². The van der Waals surface area contributed by atoms with Crippen molar-refractivity contribution >= 4 is 68.5 Å². The third kappa shape index (κ3) is 6.25. The van der Waals surface area contributed by atoms with Gasteiger partial charge in [0.15, 0.2) is 5.96 Å². The summed E-state index contributed by atoms with van der Waals surface area (Å²) in [5.41, 5.74) is 0. The van der Waals surface area contributed by atoms with Crippen LogP contribution in [0.25, 0.3) is 0 Å². The first kappa shape index (κ1) is 18.9. The first-order valence-electron chi connectivity index (χ1n) is 6.46. The molecule has 2 rings (SSSR count). The summed E-state index contributed by atoms with van der Waals surface area (Å²) in [5.74, 6) is 0.834. The van der Waals surface area contributed by atoms with E-state index in [2.05, 4.69) is 62.1 Å². The van der Waals surface area contributed by atoms with E-state index < -0.39 is 0 Å². The summed E-state index contributed by atoms with van der Waals surface area (Å²) >= 11 is 7.05. The molecule has 21 heavy (non-hydrogen) atoms. The lowest BCUT2D eigenvalue weighted by molar-refractivity contribution is 0.822. The summed E-state index contributed by atoms with van der Waals surface area (Å²) < 4.78 is 1.13. The Hall–Kier alpha value is -0.120. The van der Waals surface area contributed by atoms with E-state index in [0.29, 0.717) is 0 Å². The van der Waals surface area contributed by atoms with Gasteiger partial charge < -0.3 is 10.6 Å². The number of nitrogens with one attached hydrogen (secondary N) is 2. The van der Waals surface area contributed by atoms with Gasteiger partial charge in [-0.15, -0.1) is 46.7 Å². The Morgan fingerprint density at radius 1 is 1.19 bits per heavy atom. The summed E-state index contributed by atoms with van der Waals surface area (Å²) in [7, 11) is 1.80. The Kier molecular flexibility index (Phi) is 8.84. The zero-order chi connectivity index (χ0) is 14.4. The Balaban J connectivity index is 0.00000220. The molecule has 0 atom stereocenters. The van der Waals surface area contributed by atoms with E-state index in [1.165, 1.54) is 14.6 Å². The minimum Gasteiger partial charge on any atom is -0.352 e. The van der Waals surface area contributed by atoms with Crippen molar-refractivity contribution in [2.24, 2.45) is 4.99 Å². The van der Waals surface area contributed by atoms with Gasteiger partial charge in [0.05, 0.1) is 13.1 Å². The van der Waals surface area contributed by atoms with Crippen LogP contribution >= 0.6 is 62.6 Å². The van der Waals surface area contributed by atoms with Gasteiger partial charge in [0.2, 0.25) is 0 Å². The van der Waals surface area contributed by atoms with Gasteiger partial charge in [0.1, 0.15) is 0 Å². The number of hydrogen-bond donors (Lipinski definition) is 2. The van der Waals surface area contributed by atoms with E-state index >= 15 is 0 Å². The van der Waals surface area contributed by atoms with Gasteiger partial charge in [0.25, 0.3) is 0 Å².